The van der Waals surface area contributed by atoms with Crippen molar-refractivity contribution < 1.29 is 4.48 Å². The zero-order chi connectivity index (χ0) is 15.9. The largest absolute Gasteiger partial charge is 0.319 e. The van der Waals surface area contributed by atoms with Crippen LogP contribution in [-0.4, -0.2) is 24.1 Å². The molecule has 0 saturated heterocycles. The second kappa shape index (κ2) is 8.58. The number of hydrogen-bond acceptors (Lipinski definition) is 0. The third-order valence-corrected chi connectivity index (χ3v) is 4.15. The van der Waals surface area contributed by atoms with E-state index in [0.717, 1.165) is 18.3 Å². The van der Waals surface area contributed by atoms with Gasteiger partial charge in [0.1, 0.15) is 6.54 Å². The van der Waals surface area contributed by atoms with Crippen molar-refractivity contribution in [1.82, 2.24) is 0 Å². The molecule has 0 unspecified atom stereocenters. The van der Waals surface area contributed by atoms with Crippen LogP contribution in [0, 0.1) is 11.8 Å². The van der Waals surface area contributed by atoms with E-state index < -0.39 is 0 Å². The fourth-order valence-electron chi connectivity index (χ4n) is 3.76. The molecule has 1 heteroatoms. The van der Waals surface area contributed by atoms with E-state index in [1.54, 1.807) is 0 Å². The van der Waals surface area contributed by atoms with Crippen molar-refractivity contribution in [3.63, 3.8) is 0 Å². The second-order valence-electron chi connectivity index (χ2n) is 7.55. The normalized spacial score (nSPS) is 12.4. The van der Waals surface area contributed by atoms with Crippen molar-refractivity contribution >= 4 is 0 Å². The molecule has 1 rings (SSSR count). The van der Waals surface area contributed by atoms with E-state index in [2.05, 4.69) is 65.8 Å². The highest BCUT2D eigenvalue weighted by molar-refractivity contribution is 5.21. The average Bonchev–Trinajstić information content (AvgIpc) is 2.38. The van der Waals surface area contributed by atoms with Crippen LogP contribution in [0.2, 0.25) is 0 Å². The highest BCUT2D eigenvalue weighted by atomic mass is 15.4. The van der Waals surface area contributed by atoms with E-state index in [9.17, 15) is 0 Å². The Balaban J connectivity index is 2.96. The van der Waals surface area contributed by atoms with E-state index >= 15 is 0 Å². The molecule has 0 bridgehead atoms. The van der Waals surface area contributed by atoms with Gasteiger partial charge in [-0.15, -0.1) is 0 Å². The molecule has 120 valence electrons. The van der Waals surface area contributed by atoms with E-state index in [4.69, 9.17) is 0 Å². The van der Waals surface area contributed by atoms with Crippen LogP contribution in [0.25, 0.3) is 0 Å². The molecule has 0 heterocycles. The molecule has 1 aromatic rings. The van der Waals surface area contributed by atoms with E-state index in [1.165, 1.54) is 48.2 Å². The molecule has 0 atom stereocenters. The number of hydrogen-bond donors (Lipinski definition) is 0. The van der Waals surface area contributed by atoms with Crippen LogP contribution in [-0.2, 0) is 13.0 Å². The maximum atomic E-state index is 2.36. The molecule has 0 fully saturated rings. The van der Waals surface area contributed by atoms with E-state index in [-0.39, 0.29) is 0 Å². The highest BCUT2D eigenvalue weighted by Crippen LogP contribution is 2.21. The van der Waals surface area contributed by atoms with Gasteiger partial charge >= 0.3 is 0 Å². The first-order valence-corrected chi connectivity index (χ1v) is 8.83. The summed E-state index contributed by atoms with van der Waals surface area (Å²) in [5, 5.41) is 0. The molecule has 1 nitrogen and oxygen atoms in total. The smallest absolute Gasteiger partial charge is 0.104 e. The lowest BCUT2D eigenvalue weighted by molar-refractivity contribution is -0.946. The van der Waals surface area contributed by atoms with Crippen LogP contribution in [0.15, 0.2) is 24.3 Å². The summed E-state index contributed by atoms with van der Waals surface area (Å²) in [5.41, 5.74) is 2.95. The van der Waals surface area contributed by atoms with Gasteiger partial charge in [0.05, 0.1) is 19.6 Å². The van der Waals surface area contributed by atoms with Crippen LogP contribution < -0.4 is 0 Å². The second-order valence-corrected chi connectivity index (χ2v) is 7.55. The summed E-state index contributed by atoms with van der Waals surface area (Å²) >= 11 is 0. The van der Waals surface area contributed by atoms with Crippen molar-refractivity contribution in [1.29, 1.82) is 0 Å². The Kier molecular flexibility index (Phi) is 7.45. The molecule has 0 N–H and O–H groups in total. The van der Waals surface area contributed by atoms with Gasteiger partial charge < -0.3 is 4.48 Å². The fourth-order valence-corrected chi connectivity index (χ4v) is 3.76. The zero-order valence-electron chi connectivity index (χ0n) is 15.2. The molecule has 0 spiro atoms. The molecule has 0 aliphatic carbocycles. The quantitative estimate of drug-likeness (QED) is 0.542. The topological polar surface area (TPSA) is 0 Å². The first-order valence-electron chi connectivity index (χ1n) is 8.83. The highest BCUT2D eigenvalue weighted by Gasteiger charge is 2.29. The molecule has 0 amide bonds. The Labute approximate surface area is 133 Å². The number of nitrogens with zero attached hydrogens (tertiary/aromatic N) is 1. The van der Waals surface area contributed by atoms with Crippen molar-refractivity contribution in [3.05, 3.63) is 35.4 Å². The van der Waals surface area contributed by atoms with E-state index in [1.807, 2.05) is 0 Å². The monoisotopic (exact) mass is 290 g/mol. The maximum Gasteiger partial charge on any atom is 0.104 e. The minimum atomic E-state index is 0.755. The maximum absolute atomic E-state index is 2.36. The van der Waals surface area contributed by atoms with Crippen LogP contribution in [0.4, 0.5) is 0 Å². The molecule has 0 saturated carbocycles. The van der Waals surface area contributed by atoms with Gasteiger partial charge in [-0.05, 0) is 18.4 Å². The SMILES string of the molecule is CCC[N+](Cc1ccc(CC)cc1)(CC(C)C)CC(C)C. The summed E-state index contributed by atoms with van der Waals surface area (Å²) in [5.74, 6) is 1.51. The molecular weight excluding hydrogens is 254 g/mol. The van der Waals surface area contributed by atoms with Crippen molar-refractivity contribution in [2.24, 2.45) is 11.8 Å². The summed E-state index contributed by atoms with van der Waals surface area (Å²) in [6, 6.07) is 9.31. The van der Waals surface area contributed by atoms with Crippen LogP contribution in [0.3, 0.4) is 0 Å². The van der Waals surface area contributed by atoms with Crippen LogP contribution >= 0.6 is 0 Å². The minimum absolute atomic E-state index is 0.755. The van der Waals surface area contributed by atoms with Crippen molar-refractivity contribution in [2.45, 2.75) is 60.9 Å². The lowest BCUT2D eigenvalue weighted by atomic mass is 10.0. The molecule has 0 aliphatic heterocycles. The predicted molar refractivity (Wildman–Crippen MR) is 94.4 cm³/mol. The van der Waals surface area contributed by atoms with Gasteiger partial charge in [-0.2, -0.15) is 0 Å². The van der Waals surface area contributed by atoms with Crippen molar-refractivity contribution in [3.8, 4) is 0 Å². The zero-order valence-corrected chi connectivity index (χ0v) is 15.2. The lowest BCUT2D eigenvalue weighted by Gasteiger charge is -2.41. The molecule has 1 aromatic carbocycles. The Hall–Kier alpha value is -0.820. The van der Waals surface area contributed by atoms with Gasteiger partial charge in [0, 0.05) is 17.4 Å². The number of aryl methyl sites for hydroxylation is 1. The number of rotatable bonds is 9. The summed E-state index contributed by atoms with van der Waals surface area (Å²) in [4.78, 5) is 0. The summed E-state index contributed by atoms with van der Waals surface area (Å²) < 4.78 is 1.25. The Bertz CT molecular complexity index is 379. The summed E-state index contributed by atoms with van der Waals surface area (Å²) in [6.45, 7) is 19.1. The van der Waals surface area contributed by atoms with E-state index in [0.29, 0.717) is 0 Å². The first kappa shape index (κ1) is 18.2. The molecule has 0 aromatic heterocycles. The average molecular weight is 291 g/mol. The minimum Gasteiger partial charge on any atom is -0.319 e. The fraction of sp³-hybridized carbons (Fsp3) is 0.700. The van der Waals surface area contributed by atoms with Gasteiger partial charge in [0.2, 0.25) is 0 Å². The third kappa shape index (κ3) is 6.22. The lowest BCUT2D eigenvalue weighted by Crippen LogP contribution is -2.52. The van der Waals surface area contributed by atoms with Gasteiger partial charge in [0.15, 0.2) is 0 Å². The summed E-state index contributed by atoms with van der Waals surface area (Å²) in [6.07, 6.45) is 2.40. The Morgan fingerprint density at radius 1 is 0.810 bits per heavy atom. The molecule has 0 radical (unpaired) electrons. The van der Waals surface area contributed by atoms with Crippen LogP contribution in [0.1, 0.15) is 59.1 Å². The predicted octanol–water partition coefficient (Wildman–Crippen LogP) is 5.29. The van der Waals surface area contributed by atoms with Crippen LogP contribution in [0.5, 0.6) is 0 Å². The first-order chi connectivity index (χ1) is 9.90. The molecule has 21 heavy (non-hydrogen) atoms. The standard InChI is InChI=1S/C20H36N/c1-7-13-21(14-17(3)4,15-18(5)6)16-20-11-9-19(8-2)10-12-20/h9-12,17-18H,7-8,13-16H2,1-6H3/q+1. The number of benzene rings is 1. The van der Waals surface area contributed by atoms with Gasteiger partial charge in [-0.3, -0.25) is 0 Å². The Morgan fingerprint density at radius 3 is 1.67 bits per heavy atom. The number of quaternary nitrogens is 1. The van der Waals surface area contributed by atoms with Gasteiger partial charge in [-0.25, -0.2) is 0 Å². The summed E-state index contributed by atoms with van der Waals surface area (Å²) in [7, 11) is 0. The molecule has 0 aliphatic rings. The van der Waals surface area contributed by atoms with Gasteiger partial charge in [0.25, 0.3) is 0 Å². The third-order valence-electron chi connectivity index (χ3n) is 4.15. The van der Waals surface area contributed by atoms with Gasteiger partial charge in [-0.1, -0.05) is 65.8 Å². The Morgan fingerprint density at radius 2 is 1.29 bits per heavy atom. The van der Waals surface area contributed by atoms with Crippen molar-refractivity contribution in [2.75, 3.05) is 19.6 Å². The molecular formula is C20H36N+.